The molecule has 2 aromatic rings. The van der Waals surface area contributed by atoms with Crippen LogP contribution in [-0.2, 0) is 27.4 Å². The highest BCUT2D eigenvalue weighted by Gasteiger charge is 2.54. The maximum absolute atomic E-state index is 12.6. The van der Waals surface area contributed by atoms with Crippen molar-refractivity contribution in [2.45, 2.75) is 54.8 Å². The fourth-order valence-corrected chi connectivity index (χ4v) is 6.84. The van der Waals surface area contributed by atoms with Crippen molar-refractivity contribution < 1.29 is 67.9 Å². The van der Waals surface area contributed by atoms with E-state index in [0.717, 1.165) is 6.33 Å². The molecule has 10 N–H and O–H groups in total. The minimum atomic E-state index is -5.43. The molecule has 0 radical (unpaired) electrons. The van der Waals surface area contributed by atoms with Gasteiger partial charge in [-0.05, 0) is 0 Å². The van der Waals surface area contributed by atoms with Crippen LogP contribution in [0.3, 0.4) is 0 Å². The van der Waals surface area contributed by atoms with Gasteiger partial charge in [0.05, 0.1) is 19.5 Å². The van der Waals surface area contributed by atoms with Crippen molar-refractivity contribution >= 4 is 32.4 Å². The number of aromatic nitrogens is 4. The van der Waals surface area contributed by atoms with E-state index in [-0.39, 0.29) is 17.0 Å². The summed E-state index contributed by atoms with van der Waals surface area (Å²) < 4.78 is 45.6. The first-order chi connectivity index (χ1) is 17.3. The second-order valence-electron chi connectivity index (χ2n) is 8.26. The zero-order chi connectivity index (χ0) is 27.3. The van der Waals surface area contributed by atoms with Crippen molar-refractivity contribution in [2.24, 2.45) is 0 Å². The second-order valence-corrected chi connectivity index (χ2v) is 11.7. The first-order valence-electron chi connectivity index (χ1n) is 10.5. The zero-order valence-electron chi connectivity index (χ0n) is 18.6. The smallest absolute Gasteiger partial charge is 0.394 e. The van der Waals surface area contributed by atoms with E-state index in [9.17, 15) is 49.6 Å². The summed E-state index contributed by atoms with van der Waals surface area (Å²) in [5, 5.41) is 59.5. The Labute approximate surface area is 206 Å². The summed E-state index contributed by atoms with van der Waals surface area (Å²) >= 11 is 0. The highest BCUT2D eigenvalue weighted by atomic mass is 31.3. The number of fused-ring (bicyclic) bond motifs is 1. The fraction of sp³-hybridized carbons (Fsp3) is 0.688. The Morgan fingerprint density at radius 2 is 1.62 bits per heavy atom. The van der Waals surface area contributed by atoms with Crippen molar-refractivity contribution in [3.8, 4) is 0 Å². The largest absolute Gasteiger partial charge is 0.479 e. The summed E-state index contributed by atoms with van der Waals surface area (Å²) in [6.07, 6.45) is -11.4. The van der Waals surface area contributed by atoms with Crippen molar-refractivity contribution in [2.75, 3.05) is 18.9 Å². The predicted molar refractivity (Wildman–Crippen MR) is 116 cm³/mol. The van der Waals surface area contributed by atoms with Crippen LogP contribution >= 0.6 is 15.4 Å². The van der Waals surface area contributed by atoms with Gasteiger partial charge in [0.1, 0.15) is 54.6 Å². The summed E-state index contributed by atoms with van der Waals surface area (Å²) in [6, 6.07) is 0. The van der Waals surface area contributed by atoms with Crippen molar-refractivity contribution in [1.82, 2.24) is 19.5 Å². The number of ether oxygens (including phenoxy) is 2. The Hall–Kier alpha value is -1.67. The Balaban J connectivity index is 1.42. The van der Waals surface area contributed by atoms with Crippen molar-refractivity contribution in [1.29, 1.82) is 0 Å². The molecule has 2 saturated heterocycles. The first kappa shape index (κ1) is 28.3. The lowest BCUT2D eigenvalue weighted by atomic mass is 10.0. The minimum Gasteiger partial charge on any atom is -0.394 e. The number of nitrogen functional groups attached to an aromatic ring is 1. The highest BCUT2D eigenvalue weighted by molar-refractivity contribution is 7.64. The average Bonchev–Trinajstić information content (AvgIpc) is 3.37. The maximum Gasteiger partial charge on any atom is 0.479 e. The molecule has 0 aliphatic carbocycles. The number of nitrogens with two attached hydrogens (primary N) is 1. The monoisotopic (exact) mass is 573 g/mol. The third-order valence-electron chi connectivity index (χ3n) is 5.81. The SMILES string of the molecule is Nc1ncnc2c1ncn2C1O[C@H](COP(=O)(O)OP(=O)(O)C2O[C@H](CO)[C@@H](O)[C@H](O)[C@H]2O)[C@@H](O)[C@H]1O. The Morgan fingerprint density at radius 1 is 0.946 bits per heavy atom. The lowest BCUT2D eigenvalue weighted by molar-refractivity contribution is -0.211. The van der Waals surface area contributed by atoms with E-state index >= 15 is 0 Å². The van der Waals surface area contributed by atoms with E-state index in [4.69, 9.17) is 15.2 Å². The normalized spacial score (nSPS) is 37.9. The van der Waals surface area contributed by atoms with Gasteiger partial charge < -0.3 is 55.6 Å². The number of hydrogen-bond donors (Lipinski definition) is 9. The third-order valence-corrected chi connectivity index (χ3v) is 9.12. The number of phosphoric acid groups is 1. The zero-order valence-corrected chi connectivity index (χ0v) is 20.3. The molecule has 0 bridgehead atoms. The van der Waals surface area contributed by atoms with E-state index in [1.807, 2.05) is 0 Å². The highest BCUT2D eigenvalue weighted by Crippen LogP contribution is 2.64. The molecule has 11 atom stereocenters. The van der Waals surface area contributed by atoms with Crippen LogP contribution in [0.2, 0.25) is 0 Å². The number of anilines is 1. The molecule has 21 heteroatoms. The molecule has 4 unspecified atom stereocenters. The molecular formula is C16H25N5O14P2. The van der Waals surface area contributed by atoms with Crippen LogP contribution in [0.4, 0.5) is 5.82 Å². The molecule has 4 heterocycles. The van der Waals surface area contributed by atoms with Crippen LogP contribution in [0.25, 0.3) is 11.2 Å². The predicted octanol–water partition coefficient (Wildman–Crippen LogP) is -3.85. The van der Waals surface area contributed by atoms with E-state index in [1.165, 1.54) is 10.9 Å². The molecule has 2 aliphatic rings. The Kier molecular flexibility index (Phi) is 8.03. The van der Waals surface area contributed by atoms with Gasteiger partial charge in [0, 0.05) is 0 Å². The van der Waals surface area contributed by atoms with Gasteiger partial charge in [0.2, 0.25) is 0 Å². The summed E-state index contributed by atoms with van der Waals surface area (Å²) in [6.45, 7) is -1.86. The number of aliphatic hydroxyl groups excluding tert-OH is 6. The number of hydrogen-bond acceptors (Lipinski definition) is 16. The van der Waals surface area contributed by atoms with E-state index in [1.54, 1.807) is 0 Å². The Bertz CT molecular complexity index is 1220. The maximum atomic E-state index is 12.6. The van der Waals surface area contributed by atoms with Crippen LogP contribution < -0.4 is 5.73 Å². The summed E-state index contributed by atoms with van der Waals surface area (Å²) in [4.78, 5) is 31.9. The molecule has 37 heavy (non-hydrogen) atoms. The van der Waals surface area contributed by atoms with E-state index in [2.05, 4.69) is 23.8 Å². The molecule has 2 fully saturated rings. The van der Waals surface area contributed by atoms with Crippen molar-refractivity contribution in [3.63, 3.8) is 0 Å². The lowest BCUT2D eigenvalue weighted by Gasteiger charge is -2.40. The second kappa shape index (κ2) is 10.5. The molecule has 2 aromatic heterocycles. The molecular weight excluding hydrogens is 548 g/mol. The van der Waals surface area contributed by atoms with Gasteiger partial charge in [-0.2, -0.15) is 0 Å². The van der Waals surface area contributed by atoms with Gasteiger partial charge in [-0.3, -0.25) is 13.7 Å². The average molecular weight is 573 g/mol. The molecule has 0 amide bonds. The summed E-state index contributed by atoms with van der Waals surface area (Å²) in [5.74, 6) is -2.29. The van der Waals surface area contributed by atoms with Crippen LogP contribution in [-0.4, -0.2) is 122 Å². The van der Waals surface area contributed by atoms with Gasteiger partial charge in [0.15, 0.2) is 23.5 Å². The molecule has 0 saturated carbocycles. The minimum absolute atomic E-state index is 0.0443. The first-order valence-corrected chi connectivity index (χ1v) is 13.7. The van der Waals surface area contributed by atoms with Gasteiger partial charge in [-0.15, -0.1) is 0 Å². The topological polar surface area (TPSA) is 303 Å². The fourth-order valence-electron chi connectivity index (χ4n) is 3.89. The number of imidazole rings is 1. The molecule has 4 rings (SSSR count). The number of nitrogens with zero attached hydrogens (tertiary/aromatic N) is 4. The number of phosphoric ester groups is 1. The molecule has 0 aromatic carbocycles. The van der Waals surface area contributed by atoms with Gasteiger partial charge in [-0.1, -0.05) is 0 Å². The van der Waals surface area contributed by atoms with Crippen molar-refractivity contribution in [3.05, 3.63) is 12.7 Å². The van der Waals surface area contributed by atoms with Gasteiger partial charge in [-0.25, -0.2) is 23.8 Å². The summed E-state index contributed by atoms with van der Waals surface area (Å²) in [7, 11) is -10.9. The summed E-state index contributed by atoms with van der Waals surface area (Å²) in [5.41, 5.74) is 6.06. The number of aliphatic hydroxyl groups is 6. The number of rotatable bonds is 8. The van der Waals surface area contributed by atoms with Crippen LogP contribution in [0, 0.1) is 0 Å². The van der Waals surface area contributed by atoms with Crippen LogP contribution in [0.1, 0.15) is 6.23 Å². The van der Waals surface area contributed by atoms with Gasteiger partial charge in [0.25, 0.3) is 0 Å². The van der Waals surface area contributed by atoms with E-state index < -0.39 is 83.4 Å². The molecule has 19 nitrogen and oxygen atoms in total. The molecule has 208 valence electrons. The van der Waals surface area contributed by atoms with Gasteiger partial charge >= 0.3 is 15.4 Å². The Morgan fingerprint density at radius 3 is 2.30 bits per heavy atom. The molecule has 0 spiro atoms. The standard InChI is InChI=1S/C16H25N5O14P2/c17-13-7-14(19-3-18-13)21(4-20-7)15-11(26)9(24)6(33-15)2-32-37(30,31)35-36(28,29)16-12(27)10(25)8(23)5(1-22)34-16/h3-6,8-12,15-16,22-27H,1-2H2,(H,28,29)(H,30,31)(H2,17,18,19)/t5-,6-,8-,9-,10+,11-,12-,15?,16?/m1/s1. The molecule has 2 aliphatic heterocycles. The third kappa shape index (κ3) is 5.42. The van der Waals surface area contributed by atoms with E-state index in [0.29, 0.717) is 0 Å². The quantitative estimate of drug-likeness (QED) is 0.136. The van der Waals surface area contributed by atoms with Crippen LogP contribution in [0.15, 0.2) is 12.7 Å². The van der Waals surface area contributed by atoms with Crippen LogP contribution in [0.5, 0.6) is 0 Å². The lowest BCUT2D eigenvalue weighted by Crippen LogP contribution is -2.58.